The van der Waals surface area contributed by atoms with Gasteiger partial charge in [-0.25, -0.2) is 18.4 Å². The summed E-state index contributed by atoms with van der Waals surface area (Å²) in [6.45, 7) is 3.09. The maximum atomic E-state index is 13.5. The van der Waals surface area contributed by atoms with Crippen molar-refractivity contribution in [2.45, 2.75) is 12.7 Å². The van der Waals surface area contributed by atoms with Crippen LogP contribution < -0.4 is 10.1 Å². The summed E-state index contributed by atoms with van der Waals surface area (Å²) in [7, 11) is 2.96. The fourth-order valence-electron chi connectivity index (χ4n) is 4.29. The maximum absolute atomic E-state index is 13.5. The van der Waals surface area contributed by atoms with Crippen LogP contribution >= 0.6 is 0 Å². The first-order valence-electron chi connectivity index (χ1n) is 12.5. The number of nitrogens with one attached hydrogen (secondary N) is 1. The van der Waals surface area contributed by atoms with E-state index in [1.807, 2.05) is 36.4 Å². The molecule has 1 heterocycles. The molecule has 1 N–H and O–H groups in total. The van der Waals surface area contributed by atoms with E-state index in [1.54, 1.807) is 24.1 Å². The van der Waals surface area contributed by atoms with Crippen LogP contribution in [0, 0.1) is 11.6 Å². The average Bonchev–Trinajstić information content (AvgIpc) is 2.97. The number of esters is 1. The van der Waals surface area contributed by atoms with E-state index in [0.29, 0.717) is 44.9 Å². The minimum Gasteiger partial charge on any atom is -0.497 e. The Morgan fingerprint density at radius 1 is 0.923 bits per heavy atom. The molecule has 8 nitrogen and oxygen atoms in total. The molecule has 3 aromatic rings. The minimum atomic E-state index is -1.01. The predicted molar refractivity (Wildman–Crippen MR) is 142 cm³/mol. The highest BCUT2D eigenvalue weighted by atomic mass is 19.2. The molecule has 1 aliphatic heterocycles. The van der Waals surface area contributed by atoms with Crippen molar-refractivity contribution in [2.75, 3.05) is 52.3 Å². The van der Waals surface area contributed by atoms with Gasteiger partial charge in [0.15, 0.2) is 11.6 Å². The average molecular weight is 540 g/mol. The number of methoxy groups -OCH3 is 2. The summed E-state index contributed by atoms with van der Waals surface area (Å²) in [5, 5.41) is 2.62. The van der Waals surface area contributed by atoms with Crippen molar-refractivity contribution in [2.24, 2.45) is 0 Å². The molecule has 0 aliphatic carbocycles. The predicted octanol–water partition coefficient (Wildman–Crippen LogP) is 4.87. The number of amides is 2. The number of benzene rings is 3. The first-order valence-corrected chi connectivity index (χ1v) is 12.5. The molecule has 1 saturated heterocycles. The molecule has 3 aromatic carbocycles. The zero-order valence-electron chi connectivity index (χ0n) is 21.9. The number of carbonyl (C=O) groups excluding carboxylic acids is 2. The number of rotatable bonds is 9. The van der Waals surface area contributed by atoms with E-state index in [0.717, 1.165) is 29.0 Å². The van der Waals surface area contributed by atoms with Crippen LogP contribution in [0.15, 0.2) is 66.7 Å². The molecule has 0 unspecified atom stereocenters. The van der Waals surface area contributed by atoms with E-state index in [9.17, 15) is 18.4 Å². The lowest BCUT2D eigenvalue weighted by Gasteiger charge is -2.36. The summed E-state index contributed by atoms with van der Waals surface area (Å²) in [4.78, 5) is 28.2. The third kappa shape index (κ3) is 7.52. The summed E-state index contributed by atoms with van der Waals surface area (Å²) >= 11 is 0. The Labute approximate surface area is 226 Å². The molecule has 39 heavy (non-hydrogen) atoms. The standard InChI is InChI=1S/C29H31F2N3O5/c1-37-24-5-3-4-22(16-24)27(39-19-20-6-8-21(9-7-20)28(35)38-2)18-33-12-14-34(15-13-33)29(36)32-23-10-11-25(30)26(31)17-23/h3-11,16-17,27H,12-15,18-19H2,1-2H3,(H,32,36)/t27-/m1/s1. The Morgan fingerprint density at radius 3 is 2.33 bits per heavy atom. The van der Waals surface area contributed by atoms with Crippen LogP contribution in [-0.2, 0) is 16.1 Å². The summed E-state index contributed by atoms with van der Waals surface area (Å²) in [5.41, 5.74) is 2.54. The van der Waals surface area contributed by atoms with Crippen LogP contribution in [0.1, 0.15) is 27.6 Å². The van der Waals surface area contributed by atoms with E-state index >= 15 is 0 Å². The van der Waals surface area contributed by atoms with Crippen molar-refractivity contribution < 1.29 is 32.6 Å². The van der Waals surface area contributed by atoms with Crippen molar-refractivity contribution in [1.29, 1.82) is 0 Å². The van der Waals surface area contributed by atoms with Crippen molar-refractivity contribution in [3.8, 4) is 5.75 Å². The number of halogens is 2. The fourth-order valence-corrected chi connectivity index (χ4v) is 4.29. The molecule has 1 fully saturated rings. The Kier molecular flexibility index (Phi) is 9.45. The molecular weight excluding hydrogens is 508 g/mol. The van der Waals surface area contributed by atoms with Gasteiger partial charge in [-0.15, -0.1) is 0 Å². The molecule has 0 saturated carbocycles. The molecule has 2 amide bonds. The fraction of sp³-hybridized carbons (Fsp3) is 0.310. The van der Waals surface area contributed by atoms with E-state index in [-0.39, 0.29) is 17.8 Å². The number of hydrogen-bond acceptors (Lipinski definition) is 6. The number of nitrogens with zero attached hydrogens (tertiary/aromatic N) is 2. The molecule has 0 aromatic heterocycles. The molecule has 10 heteroatoms. The second kappa shape index (κ2) is 13.2. The van der Waals surface area contributed by atoms with Crippen molar-refractivity contribution >= 4 is 17.7 Å². The first-order chi connectivity index (χ1) is 18.9. The van der Waals surface area contributed by atoms with Crippen molar-refractivity contribution in [3.05, 3.63) is 95.1 Å². The normalized spacial score (nSPS) is 14.5. The largest absolute Gasteiger partial charge is 0.497 e. The van der Waals surface area contributed by atoms with Gasteiger partial charge in [0.1, 0.15) is 5.75 Å². The Morgan fingerprint density at radius 2 is 1.67 bits per heavy atom. The molecule has 4 rings (SSSR count). The number of ether oxygens (including phenoxy) is 3. The van der Waals surface area contributed by atoms with Gasteiger partial charge in [0.05, 0.1) is 32.5 Å². The van der Waals surface area contributed by atoms with Gasteiger partial charge in [-0.2, -0.15) is 0 Å². The van der Waals surface area contributed by atoms with Gasteiger partial charge < -0.3 is 24.4 Å². The Bertz CT molecular complexity index is 1280. The lowest BCUT2D eigenvalue weighted by molar-refractivity contribution is 0.00582. The second-order valence-electron chi connectivity index (χ2n) is 9.11. The molecule has 0 bridgehead atoms. The molecule has 0 radical (unpaired) electrons. The topological polar surface area (TPSA) is 80.3 Å². The van der Waals surface area contributed by atoms with Crippen LogP contribution in [0.4, 0.5) is 19.3 Å². The van der Waals surface area contributed by atoms with Gasteiger partial charge in [-0.05, 0) is 47.5 Å². The highest BCUT2D eigenvalue weighted by Crippen LogP contribution is 2.25. The van der Waals surface area contributed by atoms with E-state index in [1.165, 1.54) is 13.2 Å². The van der Waals surface area contributed by atoms with Gasteiger partial charge in [-0.1, -0.05) is 24.3 Å². The number of carbonyl (C=O) groups is 2. The SMILES string of the molecule is COC(=O)c1ccc(CO[C@H](CN2CCN(C(=O)Nc3ccc(F)c(F)c3)CC2)c2cccc(OC)c2)cc1. The van der Waals surface area contributed by atoms with Crippen molar-refractivity contribution in [3.63, 3.8) is 0 Å². The zero-order chi connectivity index (χ0) is 27.8. The molecule has 1 aliphatic rings. The quantitative estimate of drug-likeness (QED) is 0.391. The third-order valence-corrected chi connectivity index (χ3v) is 6.55. The van der Waals surface area contributed by atoms with Crippen LogP contribution in [0.5, 0.6) is 5.75 Å². The number of anilines is 1. The van der Waals surface area contributed by atoms with E-state index < -0.39 is 17.6 Å². The third-order valence-electron chi connectivity index (χ3n) is 6.55. The summed E-state index contributed by atoms with van der Waals surface area (Å²) in [6, 6.07) is 17.7. The highest BCUT2D eigenvalue weighted by Gasteiger charge is 2.25. The van der Waals surface area contributed by atoms with Crippen molar-refractivity contribution in [1.82, 2.24) is 9.80 Å². The number of urea groups is 1. The summed E-state index contributed by atoms with van der Waals surface area (Å²) < 4.78 is 43.2. The smallest absolute Gasteiger partial charge is 0.337 e. The van der Waals surface area contributed by atoms with Gasteiger partial charge in [0.2, 0.25) is 0 Å². The van der Waals surface area contributed by atoms with Crippen LogP contribution in [-0.4, -0.2) is 68.7 Å². The monoisotopic (exact) mass is 539 g/mol. The van der Waals surface area contributed by atoms with Gasteiger partial charge in [0.25, 0.3) is 0 Å². The second-order valence-corrected chi connectivity index (χ2v) is 9.11. The van der Waals surface area contributed by atoms with E-state index in [4.69, 9.17) is 14.2 Å². The maximum Gasteiger partial charge on any atom is 0.337 e. The molecule has 1 atom stereocenters. The van der Waals surface area contributed by atoms with Gasteiger partial charge in [-0.3, -0.25) is 4.90 Å². The van der Waals surface area contributed by atoms with Gasteiger partial charge >= 0.3 is 12.0 Å². The zero-order valence-corrected chi connectivity index (χ0v) is 21.9. The van der Waals surface area contributed by atoms with E-state index in [2.05, 4.69) is 10.2 Å². The minimum absolute atomic E-state index is 0.201. The highest BCUT2D eigenvalue weighted by molar-refractivity contribution is 5.89. The molecule has 0 spiro atoms. The lowest BCUT2D eigenvalue weighted by atomic mass is 10.1. The number of hydrogen-bond donors (Lipinski definition) is 1. The van der Waals surface area contributed by atoms with Crippen LogP contribution in [0.3, 0.4) is 0 Å². The molecule has 206 valence electrons. The van der Waals surface area contributed by atoms with Crippen LogP contribution in [0.25, 0.3) is 0 Å². The Balaban J connectivity index is 1.37. The lowest BCUT2D eigenvalue weighted by Crippen LogP contribution is -2.50. The summed E-state index contributed by atoms with van der Waals surface area (Å²) in [6.07, 6.45) is -0.275. The molecular formula is C29H31F2N3O5. The van der Waals surface area contributed by atoms with Gasteiger partial charge in [0, 0.05) is 44.5 Å². The summed E-state index contributed by atoms with van der Waals surface area (Å²) in [5.74, 6) is -1.65. The van der Waals surface area contributed by atoms with Crippen LogP contribution in [0.2, 0.25) is 0 Å². The number of piperazine rings is 1. The Hall–Kier alpha value is -4.02. The first kappa shape index (κ1) is 28.0.